The Kier molecular flexibility index (Phi) is 5.16. The van der Waals surface area contributed by atoms with Gasteiger partial charge in [0.05, 0.1) is 11.6 Å². The monoisotopic (exact) mass is 294 g/mol. The minimum absolute atomic E-state index is 0.0945. The van der Waals surface area contributed by atoms with Gasteiger partial charge in [-0.2, -0.15) is 5.26 Å². The lowest BCUT2D eigenvalue weighted by atomic mass is 10.1. The summed E-state index contributed by atoms with van der Waals surface area (Å²) in [6.45, 7) is 3.83. The lowest BCUT2D eigenvalue weighted by molar-refractivity contribution is -0.123. The number of amides is 1. The van der Waals surface area contributed by atoms with E-state index in [9.17, 15) is 4.79 Å². The minimum atomic E-state index is -0.221. The molecule has 1 N–H and O–H groups in total. The molecule has 0 aromatic heterocycles. The Morgan fingerprint density at radius 3 is 2.59 bits per heavy atom. The van der Waals surface area contributed by atoms with E-state index >= 15 is 0 Å². The third kappa shape index (κ3) is 4.10. The fourth-order valence-corrected chi connectivity index (χ4v) is 2.05. The molecule has 0 saturated carbocycles. The molecule has 0 radical (unpaired) electrons. The van der Waals surface area contributed by atoms with Gasteiger partial charge in [-0.15, -0.1) is 0 Å². The van der Waals surface area contributed by atoms with Crippen molar-refractivity contribution in [3.05, 3.63) is 65.2 Å². The zero-order valence-corrected chi connectivity index (χ0v) is 12.7. The van der Waals surface area contributed by atoms with Gasteiger partial charge in [0.1, 0.15) is 11.8 Å². The Morgan fingerprint density at radius 1 is 1.23 bits per heavy atom. The van der Waals surface area contributed by atoms with E-state index in [0.717, 1.165) is 5.56 Å². The van der Waals surface area contributed by atoms with Crippen LogP contribution in [-0.4, -0.2) is 12.5 Å². The van der Waals surface area contributed by atoms with Gasteiger partial charge in [-0.05, 0) is 31.5 Å². The van der Waals surface area contributed by atoms with Crippen LogP contribution in [-0.2, 0) is 4.79 Å². The first kappa shape index (κ1) is 15.6. The van der Waals surface area contributed by atoms with Crippen LogP contribution in [0.3, 0.4) is 0 Å². The van der Waals surface area contributed by atoms with Crippen LogP contribution in [0, 0.1) is 18.3 Å². The van der Waals surface area contributed by atoms with Crippen molar-refractivity contribution < 1.29 is 9.53 Å². The van der Waals surface area contributed by atoms with Crippen molar-refractivity contribution in [3.8, 4) is 11.8 Å². The molecule has 0 aliphatic carbocycles. The summed E-state index contributed by atoms with van der Waals surface area (Å²) >= 11 is 0. The van der Waals surface area contributed by atoms with Crippen molar-refractivity contribution in [2.75, 3.05) is 6.61 Å². The minimum Gasteiger partial charge on any atom is -0.482 e. The number of nitriles is 1. The zero-order valence-electron chi connectivity index (χ0n) is 12.7. The first-order chi connectivity index (χ1) is 10.6. The molecular formula is C18H18N2O2. The lowest BCUT2D eigenvalue weighted by Gasteiger charge is -2.15. The van der Waals surface area contributed by atoms with E-state index in [2.05, 4.69) is 5.32 Å². The fraction of sp³-hybridized carbons (Fsp3) is 0.222. The number of carbonyl (C=O) groups is 1. The Bertz CT molecular complexity index is 687. The second-order valence-electron chi connectivity index (χ2n) is 5.10. The fourth-order valence-electron chi connectivity index (χ4n) is 2.05. The first-order valence-corrected chi connectivity index (χ1v) is 7.08. The van der Waals surface area contributed by atoms with Gasteiger partial charge in [0, 0.05) is 0 Å². The molecule has 4 nitrogen and oxygen atoms in total. The SMILES string of the molecule is Cc1ccc(C(C)NC(=O)COc2ccccc2C#N)cc1. The molecule has 2 rings (SSSR count). The predicted molar refractivity (Wildman–Crippen MR) is 84.4 cm³/mol. The van der Waals surface area contributed by atoms with Crippen molar-refractivity contribution in [1.82, 2.24) is 5.32 Å². The number of aryl methyl sites for hydroxylation is 1. The molecule has 1 amide bonds. The predicted octanol–water partition coefficient (Wildman–Crippen LogP) is 3.12. The number of rotatable bonds is 5. The molecule has 22 heavy (non-hydrogen) atoms. The Labute approximate surface area is 130 Å². The Hall–Kier alpha value is -2.80. The second kappa shape index (κ2) is 7.28. The van der Waals surface area contributed by atoms with Gasteiger partial charge < -0.3 is 10.1 Å². The summed E-state index contributed by atoms with van der Waals surface area (Å²) in [7, 11) is 0. The van der Waals surface area contributed by atoms with Crippen molar-refractivity contribution >= 4 is 5.91 Å². The number of hydrogen-bond donors (Lipinski definition) is 1. The van der Waals surface area contributed by atoms with Crippen LogP contribution in [0.15, 0.2) is 48.5 Å². The molecule has 0 aliphatic heterocycles. The largest absolute Gasteiger partial charge is 0.482 e. The molecule has 0 heterocycles. The van der Waals surface area contributed by atoms with Crippen LogP contribution >= 0.6 is 0 Å². The van der Waals surface area contributed by atoms with Gasteiger partial charge in [0.2, 0.25) is 0 Å². The van der Waals surface area contributed by atoms with Crippen molar-refractivity contribution in [2.45, 2.75) is 19.9 Å². The van der Waals surface area contributed by atoms with Gasteiger partial charge >= 0.3 is 0 Å². The summed E-state index contributed by atoms with van der Waals surface area (Å²) in [4.78, 5) is 11.9. The number of hydrogen-bond acceptors (Lipinski definition) is 3. The maximum Gasteiger partial charge on any atom is 0.258 e. The van der Waals surface area contributed by atoms with Gasteiger partial charge in [0.15, 0.2) is 6.61 Å². The topological polar surface area (TPSA) is 62.1 Å². The molecule has 0 saturated heterocycles. The van der Waals surface area contributed by atoms with E-state index in [1.54, 1.807) is 24.3 Å². The van der Waals surface area contributed by atoms with Gasteiger partial charge in [-0.25, -0.2) is 0 Å². The summed E-state index contributed by atoms with van der Waals surface area (Å²) < 4.78 is 5.41. The highest BCUT2D eigenvalue weighted by Gasteiger charge is 2.11. The highest BCUT2D eigenvalue weighted by molar-refractivity contribution is 5.78. The van der Waals surface area contributed by atoms with Gasteiger partial charge in [-0.1, -0.05) is 42.0 Å². The van der Waals surface area contributed by atoms with Crippen molar-refractivity contribution in [3.63, 3.8) is 0 Å². The third-order valence-corrected chi connectivity index (χ3v) is 3.32. The van der Waals surface area contributed by atoms with E-state index in [1.807, 2.05) is 44.2 Å². The Morgan fingerprint density at radius 2 is 1.91 bits per heavy atom. The van der Waals surface area contributed by atoms with Crippen LogP contribution in [0.25, 0.3) is 0 Å². The number of nitrogens with zero attached hydrogens (tertiary/aromatic N) is 1. The highest BCUT2D eigenvalue weighted by Crippen LogP contribution is 2.17. The maximum atomic E-state index is 11.9. The van der Waals surface area contributed by atoms with E-state index in [0.29, 0.717) is 11.3 Å². The van der Waals surface area contributed by atoms with Gasteiger partial charge in [-0.3, -0.25) is 4.79 Å². The maximum absolute atomic E-state index is 11.9. The average Bonchev–Trinajstić information content (AvgIpc) is 2.53. The second-order valence-corrected chi connectivity index (χ2v) is 5.10. The number of nitrogens with one attached hydrogen (secondary N) is 1. The number of carbonyl (C=O) groups excluding carboxylic acids is 1. The molecule has 1 unspecified atom stereocenters. The standard InChI is InChI=1S/C18H18N2O2/c1-13-7-9-15(10-8-13)14(2)20-18(21)12-22-17-6-4-3-5-16(17)11-19/h3-10,14H,12H2,1-2H3,(H,20,21). The molecule has 2 aromatic rings. The van der Waals surface area contributed by atoms with Crippen LogP contribution in [0.5, 0.6) is 5.75 Å². The van der Waals surface area contributed by atoms with E-state index in [4.69, 9.17) is 10.00 Å². The summed E-state index contributed by atoms with van der Waals surface area (Å²) in [5, 5.41) is 11.8. The summed E-state index contributed by atoms with van der Waals surface area (Å²) in [5.74, 6) is 0.198. The molecule has 0 spiro atoms. The first-order valence-electron chi connectivity index (χ1n) is 7.08. The number of ether oxygens (including phenoxy) is 1. The number of benzene rings is 2. The number of para-hydroxylation sites is 1. The lowest BCUT2D eigenvalue weighted by Crippen LogP contribution is -2.31. The smallest absolute Gasteiger partial charge is 0.258 e. The van der Waals surface area contributed by atoms with Crippen molar-refractivity contribution in [2.24, 2.45) is 0 Å². The van der Waals surface area contributed by atoms with Crippen LogP contribution in [0.4, 0.5) is 0 Å². The van der Waals surface area contributed by atoms with Gasteiger partial charge in [0.25, 0.3) is 5.91 Å². The third-order valence-electron chi connectivity index (χ3n) is 3.32. The molecule has 0 fully saturated rings. The van der Waals surface area contributed by atoms with E-state index < -0.39 is 0 Å². The average molecular weight is 294 g/mol. The van der Waals surface area contributed by atoms with E-state index in [1.165, 1.54) is 5.56 Å². The van der Waals surface area contributed by atoms with Crippen molar-refractivity contribution in [1.29, 1.82) is 5.26 Å². The molecule has 4 heteroatoms. The van der Waals surface area contributed by atoms with Crippen LogP contribution < -0.4 is 10.1 Å². The zero-order chi connectivity index (χ0) is 15.9. The molecular weight excluding hydrogens is 276 g/mol. The van der Waals surface area contributed by atoms with E-state index in [-0.39, 0.29) is 18.6 Å². The molecule has 112 valence electrons. The quantitative estimate of drug-likeness (QED) is 0.921. The Balaban J connectivity index is 1.90. The molecule has 2 aromatic carbocycles. The normalized spacial score (nSPS) is 11.3. The highest BCUT2D eigenvalue weighted by atomic mass is 16.5. The molecule has 1 atom stereocenters. The van der Waals surface area contributed by atoms with Crippen LogP contribution in [0.2, 0.25) is 0 Å². The summed E-state index contributed by atoms with van der Waals surface area (Å²) in [6, 6.07) is 16.8. The van der Waals surface area contributed by atoms with Crippen LogP contribution in [0.1, 0.15) is 29.7 Å². The molecule has 0 bridgehead atoms. The summed E-state index contributed by atoms with van der Waals surface area (Å²) in [5.41, 5.74) is 2.64. The summed E-state index contributed by atoms with van der Waals surface area (Å²) in [6.07, 6.45) is 0. The molecule has 0 aliphatic rings.